The van der Waals surface area contributed by atoms with Gasteiger partial charge in [-0.05, 0) is 86.0 Å². The lowest BCUT2D eigenvalue weighted by Gasteiger charge is -2.28. The highest BCUT2D eigenvalue weighted by molar-refractivity contribution is 5.64. The van der Waals surface area contributed by atoms with Crippen molar-refractivity contribution >= 4 is 0 Å². The first-order chi connectivity index (χ1) is 14.3. The van der Waals surface area contributed by atoms with E-state index in [0.717, 1.165) is 31.3 Å². The van der Waals surface area contributed by atoms with Gasteiger partial charge in [0.2, 0.25) is 0 Å². The average molecular weight is 389 g/mol. The van der Waals surface area contributed by atoms with Crippen LogP contribution in [0, 0.1) is 5.92 Å². The van der Waals surface area contributed by atoms with Crippen molar-refractivity contribution in [3.63, 3.8) is 0 Å². The van der Waals surface area contributed by atoms with E-state index in [0.29, 0.717) is 6.61 Å². The highest BCUT2D eigenvalue weighted by Gasteiger charge is 2.21. The number of rotatable bonds is 10. The summed E-state index contributed by atoms with van der Waals surface area (Å²) < 4.78 is 5.73. The molecule has 0 N–H and O–H groups in total. The smallest absolute Gasteiger partial charge is 0.0716 e. The van der Waals surface area contributed by atoms with E-state index in [4.69, 9.17) is 4.74 Å². The summed E-state index contributed by atoms with van der Waals surface area (Å²) in [5, 5.41) is 0. The molecule has 0 atom stereocenters. The van der Waals surface area contributed by atoms with Crippen LogP contribution in [0.1, 0.15) is 68.9 Å². The van der Waals surface area contributed by atoms with Gasteiger partial charge in [-0.3, -0.25) is 0 Å². The van der Waals surface area contributed by atoms with Gasteiger partial charge in [-0.1, -0.05) is 66.8 Å². The van der Waals surface area contributed by atoms with Gasteiger partial charge < -0.3 is 4.74 Å². The van der Waals surface area contributed by atoms with E-state index < -0.39 is 0 Å². The molecule has 1 aliphatic carbocycles. The normalized spacial score (nSPS) is 19.5. The summed E-state index contributed by atoms with van der Waals surface area (Å²) in [5.74, 6) is 1.64. The second-order valence-electron chi connectivity index (χ2n) is 8.32. The van der Waals surface area contributed by atoms with Gasteiger partial charge in [0.25, 0.3) is 0 Å². The van der Waals surface area contributed by atoms with Crippen LogP contribution in [-0.2, 0) is 11.3 Å². The number of ether oxygens (including phenoxy) is 1. The lowest BCUT2D eigenvalue weighted by Crippen LogP contribution is -2.12. The minimum atomic E-state index is 0.688. The first-order valence-corrected chi connectivity index (χ1v) is 11.3. The fourth-order valence-electron chi connectivity index (χ4n) is 4.32. The third-order valence-electron chi connectivity index (χ3n) is 6.19. The molecule has 0 amide bonds. The summed E-state index contributed by atoms with van der Waals surface area (Å²) in [6.07, 6.45) is 15.2. The van der Waals surface area contributed by atoms with Gasteiger partial charge in [0.15, 0.2) is 0 Å². The van der Waals surface area contributed by atoms with E-state index >= 15 is 0 Å². The fourth-order valence-corrected chi connectivity index (χ4v) is 4.32. The Kier molecular flexibility index (Phi) is 8.77. The molecule has 1 heteroatoms. The predicted molar refractivity (Wildman–Crippen MR) is 125 cm³/mol. The third kappa shape index (κ3) is 6.72. The molecule has 154 valence electrons. The first-order valence-electron chi connectivity index (χ1n) is 11.3. The van der Waals surface area contributed by atoms with Gasteiger partial charge in [-0.2, -0.15) is 0 Å². The highest BCUT2D eigenvalue weighted by Crippen LogP contribution is 2.37. The van der Waals surface area contributed by atoms with E-state index in [-0.39, 0.29) is 0 Å². The topological polar surface area (TPSA) is 9.23 Å². The Hall–Kier alpha value is -2.12. The number of allylic oxidation sites excluding steroid dienone is 3. The van der Waals surface area contributed by atoms with E-state index in [1.807, 2.05) is 6.08 Å². The minimum Gasteiger partial charge on any atom is -0.377 e. The van der Waals surface area contributed by atoms with Crippen LogP contribution >= 0.6 is 0 Å². The van der Waals surface area contributed by atoms with Crippen LogP contribution < -0.4 is 0 Å². The number of unbranched alkanes of at least 4 members (excludes halogenated alkanes) is 1. The SMILES string of the molecule is C=CCCCOCc1ccc(-c2ccc([C@H]3CC[C@H](C/C=C/C)CC3)cc2)cc1. The molecule has 0 radical (unpaired) electrons. The van der Waals surface area contributed by atoms with Crippen LogP contribution in [0.4, 0.5) is 0 Å². The summed E-state index contributed by atoms with van der Waals surface area (Å²) in [4.78, 5) is 0. The molecular formula is C28H36O. The number of hydrogen-bond donors (Lipinski definition) is 0. The van der Waals surface area contributed by atoms with Crippen LogP contribution in [0.3, 0.4) is 0 Å². The molecule has 2 aromatic rings. The fraction of sp³-hybridized carbons (Fsp3) is 0.429. The van der Waals surface area contributed by atoms with Crippen LogP contribution in [0.2, 0.25) is 0 Å². The van der Waals surface area contributed by atoms with E-state index in [9.17, 15) is 0 Å². The molecule has 0 heterocycles. The Morgan fingerprint density at radius 3 is 2.21 bits per heavy atom. The molecular weight excluding hydrogens is 352 g/mol. The largest absolute Gasteiger partial charge is 0.377 e. The average Bonchev–Trinajstić information content (AvgIpc) is 2.78. The number of hydrogen-bond acceptors (Lipinski definition) is 1. The molecule has 1 saturated carbocycles. The van der Waals surface area contributed by atoms with Gasteiger partial charge in [0, 0.05) is 6.61 Å². The van der Waals surface area contributed by atoms with Gasteiger partial charge in [-0.15, -0.1) is 6.58 Å². The Morgan fingerprint density at radius 1 is 0.931 bits per heavy atom. The van der Waals surface area contributed by atoms with Crippen molar-refractivity contribution in [1.82, 2.24) is 0 Å². The van der Waals surface area contributed by atoms with Crippen LogP contribution in [0.15, 0.2) is 73.3 Å². The summed E-state index contributed by atoms with van der Waals surface area (Å²) in [6, 6.07) is 18.1. The minimum absolute atomic E-state index is 0.688. The summed E-state index contributed by atoms with van der Waals surface area (Å²) in [7, 11) is 0. The Labute approximate surface area is 177 Å². The lowest BCUT2D eigenvalue weighted by molar-refractivity contribution is 0.119. The van der Waals surface area contributed by atoms with Crippen molar-refractivity contribution in [3.8, 4) is 11.1 Å². The summed E-state index contributed by atoms with van der Waals surface area (Å²) in [6.45, 7) is 7.35. The summed E-state index contributed by atoms with van der Waals surface area (Å²) in [5.41, 5.74) is 5.33. The monoisotopic (exact) mass is 388 g/mol. The van der Waals surface area contributed by atoms with E-state index in [1.54, 1.807) is 0 Å². The molecule has 0 aromatic heterocycles. The molecule has 29 heavy (non-hydrogen) atoms. The van der Waals surface area contributed by atoms with Gasteiger partial charge in [-0.25, -0.2) is 0 Å². The van der Waals surface area contributed by atoms with Crippen LogP contribution in [0.25, 0.3) is 11.1 Å². The van der Waals surface area contributed by atoms with Crippen molar-refractivity contribution in [2.45, 2.75) is 64.4 Å². The van der Waals surface area contributed by atoms with Gasteiger partial charge in [0.1, 0.15) is 0 Å². The lowest BCUT2D eigenvalue weighted by atomic mass is 9.77. The van der Waals surface area contributed by atoms with Crippen molar-refractivity contribution in [2.24, 2.45) is 5.92 Å². The second kappa shape index (κ2) is 11.8. The van der Waals surface area contributed by atoms with Crippen molar-refractivity contribution in [1.29, 1.82) is 0 Å². The van der Waals surface area contributed by atoms with Crippen molar-refractivity contribution in [3.05, 3.63) is 84.5 Å². The molecule has 0 spiro atoms. The highest BCUT2D eigenvalue weighted by atomic mass is 16.5. The Balaban J connectivity index is 1.50. The Morgan fingerprint density at radius 2 is 1.59 bits per heavy atom. The summed E-state index contributed by atoms with van der Waals surface area (Å²) >= 11 is 0. The molecule has 2 aromatic carbocycles. The maximum atomic E-state index is 5.73. The van der Waals surface area contributed by atoms with Crippen molar-refractivity contribution < 1.29 is 4.74 Å². The molecule has 0 saturated heterocycles. The van der Waals surface area contributed by atoms with Crippen LogP contribution in [-0.4, -0.2) is 6.61 Å². The molecule has 1 fully saturated rings. The molecule has 1 aliphatic rings. The zero-order valence-electron chi connectivity index (χ0n) is 18.0. The number of benzene rings is 2. The molecule has 0 aliphatic heterocycles. The third-order valence-corrected chi connectivity index (χ3v) is 6.19. The maximum absolute atomic E-state index is 5.73. The van der Waals surface area contributed by atoms with E-state index in [2.05, 4.69) is 74.2 Å². The molecule has 0 bridgehead atoms. The van der Waals surface area contributed by atoms with Crippen molar-refractivity contribution in [2.75, 3.05) is 6.61 Å². The maximum Gasteiger partial charge on any atom is 0.0716 e. The van der Waals surface area contributed by atoms with Gasteiger partial charge >= 0.3 is 0 Å². The van der Waals surface area contributed by atoms with E-state index in [1.165, 1.54) is 54.4 Å². The van der Waals surface area contributed by atoms with Crippen LogP contribution in [0.5, 0.6) is 0 Å². The first kappa shape index (κ1) is 21.6. The quantitative estimate of drug-likeness (QED) is 0.295. The molecule has 3 rings (SSSR count). The predicted octanol–water partition coefficient (Wildman–Crippen LogP) is 8.08. The molecule has 1 nitrogen and oxygen atoms in total. The second-order valence-corrected chi connectivity index (χ2v) is 8.32. The standard InChI is InChI=1S/C28H36O/c1-3-5-7-21-29-22-24-11-15-26(16-12-24)28-19-17-27(18-20-28)25-13-9-23(10-14-25)8-6-4-2/h3-4,6,11-12,15-20,23,25H,1,5,7-10,13-14,21-22H2,2H3/b6-4+/t23-,25-. The molecule has 0 unspecified atom stereocenters. The Bertz CT molecular complexity index is 746. The zero-order chi connectivity index (χ0) is 20.3. The zero-order valence-corrected chi connectivity index (χ0v) is 18.0. The van der Waals surface area contributed by atoms with Gasteiger partial charge in [0.05, 0.1) is 6.61 Å².